The van der Waals surface area contributed by atoms with Crippen LogP contribution in [0.15, 0.2) is 30.3 Å². The zero-order valence-electron chi connectivity index (χ0n) is 17.9. The van der Waals surface area contributed by atoms with Crippen LogP contribution in [0, 0.1) is 30.3 Å². The third-order valence-electron chi connectivity index (χ3n) is 5.99. The van der Waals surface area contributed by atoms with Gasteiger partial charge in [-0.2, -0.15) is 4.39 Å². The highest BCUT2D eigenvalue weighted by molar-refractivity contribution is 5.32. The van der Waals surface area contributed by atoms with E-state index in [9.17, 15) is 13.2 Å². The van der Waals surface area contributed by atoms with Crippen LogP contribution in [-0.4, -0.2) is 13.2 Å². The molecule has 2 aromatic carbocycles. The molecule has 0 amide bonds. The Balaban J connectivity index is 1.48. The first-order valence-electron chi connectivity index (χ1n) is 11.0. The summed E-state index contributed by atoms with van der Waals surface area (Å²) in [6.45, 7) is 4.56. The minimum Gasteiger partial charge on any atom is -0.491 e. The molecular weight excluding hydrogens is 389 g/mol. The summed E-state index contributed by atoms with van der Waals surface area (Å²) in [4.78, 5) is 0. The Hall–Kier alpha value is -2.17. The summed E-state index contributed by atoms with van der Waals surface area (Å²) < 4.78 is 53.1. The minimum atomic E-state index is -0.920. The molecule has 0 saturated heterocycles. The van der Waals surface area contributed by atoms with Crippen LogP contribution in [0.1, 0.15) is 68.9 Å². The van der Waals surface area contributed by atoms with E-state index in [1.54, 1.807) is 12.1 Å². The maximum Gasteiger partial charge on any atom is 0.200 e. The number of aryl methyl sites for hydroxylation is 1. The Kier molecular flexibility index (Phi) is 8.06. The fraction of sp³-hybridized carbons (Fsp3) is 0.520. The average molecular weight is 421 g/mol. The van der Waals surface area contributed by atoms with Gasteiger partial charge in [0.25, 0.3) is 0 Å². The van der Waals surface area contributed by atoms with E-state index in [1.807, 2.05) is 6.07 Å². The molecule has 164 valence electrons. The van der Waals surface area contributed by atoms with Crippen molar-refractivity contribution in [3.05, 3.63) is 58.9 Å². The summed E-state index contributed by atoms with van der Waals surface area (Å²) in [6, 6.07) is 8.30. The van der Waals surface area contributed by atoms with E-state index < -0.39 is 11.6 Å². The van der Waals surface area contributed by atoms with Crippen molar-refractivity contribution < 1.29 is 22.6 Å². The lowest BCUT2D eigenvalue weighted by molar-refractivity contribution is 0.192. The Morgan fingerprint density at radius 3 is 2.30 bits per heavy atom. The highest BCUT2D eigenvalue weighted by atomic mass is 19.2. The van der Waals surface area contributed by atoms with Crippen molar-refractivity contribution in [1.82, 2.24) is 0 Å². The summed E-state index contributed by atoms with van der Waals surface area (Å²) >= 11 is 0. The van der Waals surface area contributed by atoms with Gasteiger partial charge in [0.1, 0.15) is 0 Å². The molecule has 3 rings (SSSR count). The second-order valence-corrected chi connectivity index (χ2v) is 8.28. The van der Waals surface area contributed by atoms with Gasteiger partial charge in [-0.15, -0.1) is 0 Å². The molecule has 2 nitrogen and oxygen atoms in total. The molecule has 0 unspecified atom stereocenters. The summed E-state index contributed by atoms with van der Waals surface area (Å²) in [7, 11) is 0. The van der Waals surface area contributed by atoms with E-state index in [2.05, 4.69) is 6.92 Å². The Labute approximate surface area is 177 Å². The molecule has 5 heteroatoms. The monoisotopic (exact) mass is 420 g/mol. The average Bonchev–Trinajstić information content (AvgIpc) is 2.76. The molecule has 30 heavy (non-hydrogen) atoms. The van der Waals surface area contributed by atoms with Crippen molar-refractivity contribution >= 4 is 0 Å². The molecule has 0 radical (unpaired) electrons. The molecule has 0 atom stereocenters. The topological polar surface area (TPSA) is 18.5 Å². The Morgan fingerprint density at radius 1 is 0.867 bits per heavy atom. The van der Waals surface area contributed by atoms with E-state index in [-0.39, 0.29) is 23.0 Å². The van der Waals surface area contributed by atoms with E-state index in [1.165, 1.54) is 19.1 Å². The van der Waals surface area contributed by atoms with E-state index in [4.69, 9.17) is 9.47 Å². The maximum atomic E-state index is 14.4. The molecule has 0 heterocycles. The molecule has 1 aliphatic carbocycles. The van der Waals surface area contributed by atoms with Crippen molar-refractivity contribution in [3.8, 4) is 11.5 Å². The van der Waals surface area contributed by atoms with E-state index in [0.717, 1.165) is 50.5 Å². The van der Waals surface area contributed by atoms with Gasteiger partial charge in [-0.05, 0) is 80.2 Å². The van der Waals surface area contributed by atoms with Gasteiger partial charge in [-0.3, -0.25) is 0 Å². The Bertz CT molecular complexity index is 829. The smallest absolute Gasteiger partial charge is 0.200 e. The minimum absolute atomic E-state index is 0.0307. The summed E-state index contributed by atoms with van der Waals surface area (Å²) in [5.41, 5.74) is 1.27. The summed E-state index contributed by atoms with van der Waals surface area (Å²) in [6.07, 6.45) is 6.80. The largest absolute Gasteiger partial charge is 0.491 e. The number of rotatable bonds is 9. The van der Waals surface area contributed by atoms with Crippen molar-refractivity contribution in [2.45, 2.75) is 64.7 Å². The van der Waals surface area contributed by atoms with Crippen LogP contribution in [-0.2, 0) is 0 Å². The van der Waals surface area contributed by atoms with Crippen LogP contribution in [0.25, 0.3) is 0 Å². The number of ether oxygens (including phenoxy) is 2. The third kappa shape index (κ3) is 5.71. The zero-order valence-corrected chi connectivity index (χ0v) is 17.9. The van der Waals surface area contributed by atoms with Crippen LogP contribution in [0.5, 0.6) is 11.5 Å². The number of halogens is 3. The maximum absolute atomic E-state index is 14.4. The highest BCUT2D eigenvalue weighted by Crippen LogP contribution is 2.37. The Morgan fingerprint density at radius 2 is 1.60 bits per heavy atom. The zero-order chi connectivity index (χ0) is 21.5. The van der Waals surface area contributed by atoms with Gasteiger partial charge in [0.2, 0.25) is 5.82 Å². The van der Waals surface area contributed by atoms with Gasteiger partial charge < -0.3 is 9.47 Å². The van der Waals surface area contributed by atoms with Crippen molar-refractivity contribution in [2.24, 2.45) is 5.92 Å². The molecule has 0 aliphatic heterocycles. The van der Waals surface area contributed by atoms with Gasteiger partial charge in [0, 0.05) is 0 Å². The molecule has 2 aromatic rings. The van der Waals surface area contributed by atoms with Crippen LogP contribution in [0.3, 0.4) is 0 Å². The molecule has 0 aromatic heterocycles. The van der Waals surface area contributed by atoms with Crippen LogP contribution in [0.2, 0.25) is 0 Å². The van der Waals surface area contributed by atoms with Gasteiger partial charge in [-0.25, -0.2) is 8.78 Å². The van der Waals surface area contributed by atoms with Gasteiger partial charge >= 0.3 is 0 Å². The van der Waals surface area contributed by atoms with Gasteiger partial charge in [0.05, 0.1) is 13.2 Å². The molecule has 1 fully saturated rings. The first-order valence-corrected chi connectivity index (χ1v) is 11.0. The molecule has 0 spiro atoms. The highest BCUT2D eigenvalue weighted by Gasteiger charge is 2.24. The fourth-order valence-electron chi connectivity index (χ4n) is 4.03. The van der Waals surface area contributed by atoms with Gasteiger partial charge in [0.15, 0.2) is 23.1 Å². The quantitative estimate of drug-likeness (QED) is 0.395. The predicted octanol–water partition coefficient (Wildman–Crippen LogP) is 7.33. The summed E-state index contributed by atoms with van der Waals surface area (Å²) in [5, 5.41) is 0. The SMILES string of the molecule is CCCCCOc1ccc(C2CCC(COc3ccc(C)c(F)c3F)CC2)cc1F. The molecule has 0 bridgehead atoms. The van der Waals surface area contributed by atoms with Crippen molar-refractivity contribution in [2.75, 3.05) is 13.2 Å². The van der Waals surface area contributed by atoms with Crippen molar-refractivity contribution in [1.29, 1.82) is 0 Å². The fourth-order valence-corrected chi connectivity index (χ4v) is 4.03. The lowest BCUT2D eigenvalue weighted by Crippen LogP contribution is -2.19. The normalized spacial score (nSPS) is 19.0. The number of hydrogen-bond donors (Lipinski definition) is 0. The lowest BCUT2D eigenvalue weighted by atomic mass is 9.79. The number of hydrogen-bond acceptors (Lipinski definition) is 2. The van der Waals surface area contributed by atoms with Crippen LogP contribution >= 0.6 is 0 Å². The second-order valence-electron chi connectivity index (χ2n) is 8.28. The third-order valence-corrected chi connectivity index (χ3v) is 5.99. The standard InChI is InChI=1S/C25H31F3O2/c1-3-4-5-14-29-22-13-11-20(15-21(22)26)19-9-7-18(8-10-19)16-30-23-12-6-17(2)24(27)25(23)28/h6,11-13,15,18-19H,3-5,7-10,14,16H2,1-2H3. The lowest BCUT2D eigenvalue weighted by Gasteiger charge is -2.29. The van der Waals surface area contributed by atoms with E-state index in [0.29, 0.717) is 24.9 Å². The van der Waals surface area contributed by atoms with Crippen molar-refractivity contribution in [3.63, 3.8) is 0 Å². The van der Waals surface area contributed by atoms with Crippen LogP contribution in [0.4, 0.5) is 13.2 Å². The molecule has 1 aliphatic rings. The molecular formula is C25H31F3O2. The van der Waals surface area contributed by atoms with Gasteiger partial charge in [-0.1, -0.05) is 31.9 Å². The first-order chi connectivity index (χ1) is 14.5. The second kappa shape index (κ2) is 10.7. The predicted molar refractivity (Wildman–Crippen MR) is 113 cm³/mol. The van der Waals surface area contributed by atoms with E-state index >= 15 is 0 Å². The molecule has 1 saturated carbocycles. The molecule has 0 N–H and O–H groups in total. The first kappa shape index (κ1) is 22.5. The summed E-state index contributed by atoms with van der Waals surface area (Å²) in [5.74, 6) is -1.19. The number of benzene rings is 2. The number of unbranched alkanes of at least 4 members (excludes halogenated alkanes) is 2. The van der Waals surface area contributed by atoms with Crippen LogP contribution < -0.4 is 9.47 Å².